The molecule has 0 radical (unpaired) electrons. The van der Waals surface area contributed by atoms with Gasteiger partial charge in [-0.25, -0.2) is 8.78 Å². The largest absolute Gasteiger partial charge is 0.488 e. The van der Waals surface area contributed by atoms with Crippen molar-refractivity contribution >= 4 is 48.2 Å². The molecule has 2 fully saturated rings. The van der Waals surface area contributed by atoms with Crippen molar-refractivity contribution in [1.82, 2.24) is 20.4 Å². The Morgan fingerprint density at radius 1 is 0.554 bits per heavy atom. The van der Waals surface area contributed by atoms with E-state index in [1.807, 2.05) is 0 Å². The first-order valence-corrected chi connectivity index (χ1v) is 19.9. The zero-order valence-corrected chi connectivity index (χ0v) is 37.4. The Morgan fingerprint density at radius 3 is 1.38 bits per heavy atom. The minimum atomic E-state index is -1.58. The fourth-order valence-electron chi connectivity index (χ4n) is 6.87. The predicted octanol–water partition coefficient (Wildman–Crippen LogP) is 1.70. The number of aliphatic hydroxyl groups is 8. The second kappa shape index (κ2) is 22.9. The first-order valence-electron chi connectivity index (χ1n) is 19.5. The second-order valence-corrected chi connectivity index (χ2v) is 15.1. The Kier molecular flexibility index (Phi) is 18.2. The van der Waals surface area contributed by atoms with Crippen molar-refractivity contribution in [3.05, 3.63) is 124 Å². The first kappa shape index (κ1) is 51.6. The van der Waals surface area contributed by atoms with E-state index in [9.17, 15) is 40.1 Å². The van der Waals surface area contributed by atoms with Crippen LogP contribution < -0.4 is 5.46 Å². The molecule has 2 aliphatic rings. The third-order valence-electron chi connectivity index (χ3n) is 10.4. The Hall–Kier alpha value is -4.38. The van der Waals surface area contributed by atoms with Crippen LogP contribution in [0.25, 0.3) is 34.0 Å². The number of aryl methyl sites for hydroxylation is 2. The molecule has 23 heteroatoms. The highest BCUT2D eigenvalue weighted by molar-refractivity contribution is 14.0. The van der Waals surface area contributed by atoms with Crippen molar-refractivity contribution in [3.8, 4) is 34.0 Å². The van der Waals surface area contributed by atoms with Crippen LogP contribution in [0.2, 0.25) is 5.02 Å². The molecule has 0 aliphatic carbocycles. The van der Waals surface area contributed by atoms with Crippen molar-refractivity contribution < 1.29 is 78.0 Å². The number of rotatable bonds is 8. The molecule has 10 atom stereocenters. The van der Waals surface area contributed by atoms with Gasteiger partial charge in [0, 0.05) is 41.7 Å². The number of aliphatic hydroxyl groups excluding tert-OH is 8. The maximum atomic E-state index is 15.4. The van der Waals surface area contributed by atoms with Crippen molar-refractivity contribution in [2.75, 3.05) is 13.2 Å². The van der Waals surface area contributed by atoms with Crippen LogP contribution in [-0.4, -0.2) is 140 Å². The fourth-order valence-corrected chi connectivity index (χ4v) is 7.05. The van der Waals surface area contributed by atoms with E-state index in [1.165, 1.54) is 24.3 Å². The number of halogens is 4. The number of hydrogen-bond donors (Lipinski definition) is 10. The van der Waals surface area contributed by atoms with Gasteiger partial charge in [0.2, 0.25) is 23.6 Å². The second-order valence-electron chi connectivity index (χ2n) is 14.7. The lowest BCUT2D eigenvalue weighted by Crippen LogP contribution is -2.55. The van der Waals surface area contributed by atoms with E-state index in [0.717, 1.165) is 5.56 Å². The van der Waals surface area contributed by atoms with Crippen LogP contribution in [0.3, 0.4) is 0 Å². The van der Waals surface area contributed by atoms with E-state index in [2.05, 4.69) is 20.4 Å². The van der Waals surface area contributed by atoms with Gasteiger partial charge in [-0.05, 0) is 41.4 Å². The van der Waals surface area contributed by atoms with Gasteiger partial charge in [0.05, 0.1) is 18.2 Å². The first-order chi connectivity index (χ1) is 30.5. The van der Waals surface area contributed by atoms with Gasteiger partial charge in [0.25, 0.3) is 0 Å². The average Bonchev–Trinajstić information content (AvgIpc) is 3.95. The highest BCUT2D eigenvalue weighted by Gasteiger charge is 2.46. The lowest BCUT2D eigenvalue weighted by molar-refractivity contribution is -0.232. The average molecular weight is 1040 g/mol. The van der Waals surface area contributed by atoms with Gasteiger partial charge in [-0.1, -0.05) is 66.2 Å². The van der Waals surface area contributed by atoms with Gasteiger partial charge in [0.1, 0.15) is 72.7 Å². The Labute approximate surface area is 391 Å². The van der Waals surface area contributed by atoms with Gasteiger partial charge in [0.15, 0.2) is 0 Å². The van der Waals surface area contributed by atoms with Gasteiger partial charge in [-0.2, -0.15) is 0 Å². The van der Waals surface area contributed by atoms with Crippen LogP contribution in [0, 0.1) is 25.5 Å². The standard InChI is InChI=1S/C21H21FN2O6.C12H14ClFO5.C9H9BN2O3.HI/c1-10-23-24-21(29-10)12-7-5-11(6-8-12)13-3-2-4-14(16(13)22)20-19(28)18(27)17(26)15(9-25)30-20;13-6-3-1-2-5(8(6)14)12-11(18)10(17)9(16)7(4-15)19-12;1-6-11-12-9(15-6)7-2-4-8(5-3-7)10(13)14;/h2-8,15,17-20,25-28H,9H2,1H3;1-3,7,9-12,15-18H,4H2;2-5,13-14H,1H3;1H/t15-,17-,18+,19+,20-;7-,9-,10+,11+,12-;;/m11../s1. The number of nitrogens with zero attached hydrogens (tertiary/aromatic N) is 4. The molecule has 2 aromatic heterocycles. The Balaban J connectivity index is 0.000000195. The molecule has 0 bridgehead atoms. The van der Waals surface area contributed by atoms with Crippen molar-refractivity contribution in [3.63, 3.8) is 0 Å². The van der Waals surface area contributed by atoms with Gasteiger partial charge >= 0.3 is 7.12 Å². The molecule has 2 aliphatic heterocycles. The summed E-state index contributed by atoms with van der Waals surface area (Å²) in [5.74, 6) is 0.307. The topological polar surface area (TPSA) is 299 Å². The number of benzene rings is 4. The Bertz CT molecular complexity index is 2450. The summed E-state index contributed by atoms with van der Waals surface area (Å²) in [5.41, 5.74) is 2.67. The quantitative estimate of drug-likeness (QED) is 0.0767. The van der Waals surface area contributed by atoms with Crippen LogP contribution in [0.5, 0.6) is 0 Å². The summed E-state index contributed by atoms with van der Waals surface area (Å²) in [7, 11) is -1.46. The third kappa shape index (κ3) is 11.8. The molecule has 18 nitrogen and oxygen atoms in total. The monoisotopic (exact) mass is 1040 g/mol. The molecule has 4 aromatic carbocycles. The molecule has 0 amide bonds. The smallest absolute Gasteiger partial charge is 0.423 e. The molecule has 6 aromatic rings. The normalized spacial score (nSPS) is 25.0. The molecule has 8 rings (SSSR count). The third-order valence-corrected chi connectivity index (χ3v) is 10.7. The highest BCUT2D eigenvalue weighted by Crippen LogP contribution is 2.38. The maximum Gasteiger partial charge on any atom is 0.488 e. The molecule has 0 spiro atoms. The minimum absolute atomic E-state index is 0. The maximum absolute atomic E-state index is 15.4. The highest BCUT2D eigenvalue weighted by atomic mass is 127. The van der Waals surface area contributed by atoms with E-state index >= 15 is 4.39 Å². The SMILES string of the molecule is Cc1nnc(-c2ccc(-c3cccc([C@H]4O[C@H](CO)[C@@H](O)[C@H](O)[C@@H]4O)c3F)cc2)o1.Cc1nnc(-c2ccc(B(O)O)cc2)o1.I.OC[C@H]1O[C@H](c2cccc(Cl)c2F)[C@@H](O)[C@@H](O)[C@@H]1O. The van der Waals surface area contributed by atoms with E-state index in [1.54, 1.807) is 74.5 Å². The molecule has 0 saturated carbocycles. The number of aromatic nitrogens is 4. The number of hydrogen-bond acceptors (Lipinski definition) is 18. The van der Waals surface area contributed by atoms with Gasteiger partial charge in [-0.3, -0.25) is 0 Å². The summed E-state index contributed by atoms with van der Waals surface area (Å²) in [5, 5.41) is 111. The lowest BCUT2D eigenvalue weighted by atomic mass is 9.80. The molecule has 4 heterocycles. The van der Waals surface area contributed by atoms with E-state index in [4.69, 9.17) is 45.1 Å². The fraction of sp³-hybridized carbons (Fsp3) is 0.333. The minimum Gasteiger partial charge on any atom is -0.423 e. The lowest BCUT2D eigenvalue weighted by Gasteiger charge is -2.40. The van der Waals surface area contributed by atoms with E-state index in [-0.39, 0.29) is 45.7 Å². The van der Waals surface area contributed by atoms with Crippen LogP contribution in [0.4, 0.5) is 8.78 Å². The molecule has 65 heavy (non-hydrogen) atoms. The van der Waals surface area contributed by atoms with Gasteiger partial charge < -0.3 is 69.2 Å². The van der Waals surface area contributed by atoms with Crippen molar-refractivity contribution in [1.29, 1.82) is 0 Å². The van der Waals surface area contributed by atoms with Gasteiger partial charge in [-0.15, -0.1) is 44.4 Å². The summed E-state index contributed by atoms with van der Waals surface area (Å²) in [6.07, 6.45) is -13.9. The molecular formula is C42H45BClF2IN4O14. The summed E-state index contributed by atoms with van der Waals surface area (Å²) in [6, 6.07) is 22.2. The van der Waals surface area contributed by atoms with Crippen LogP contribution >= 0.6 is 35.6 Å². The summed E-state index contributed by atoms with van der Waals surface area (Å²) < 4.78 is 50.6. The van der Waals surface area contributed by atoms with E-state index < -0.39 is 93.0 Å². The van der Waals surface area contributed by atoms with Crippen LogP contribution in [-0.2, 0) is 9.47 Å². The zero-order valence-electron chi connectivity index (χ0n) is 34.3. The summed E-state index contributed by atoms with van der Waals surface area (Å²) >= 11 is 5.64. The Morgan fingerprint density at radius 2 is 0.969 bits per heavy atom. The van der Waals surface area contributed by atoms with Crippen molar-refractivity contribution in [2.45, 2.75) is 74.9 Å². The zero-order chi connectivity index (χ0) is 46.4. The molecule has 2 saturated heterocycles. The summed E-state index contributed by atoms with van der Waals surface area (Å²) in [4.78, 5) is 0. The van der Waals surface area contributed by atoms with Crippen molar-refractivity contribution in [2.24, 2.45) is 0 Å². The van der Waals surface area contributed by atoms with E-state index in [0.29, 0.717) is 40.2 Å². The number of ether oxygens (including phenoxy) is 2. The molecule has 0 unspecified atom stereocenters. The molecule has 348 valence electrons. The molecule has 10 N–H and O–H groups in total. The summed E-state index contributed by atoms with van der Waals surface area (Å²) in [6.45, 7) is 2.25. The predicted molar refractivity (Wildman–Crippen MR) is 236 cm³/mol. The molecular weight excluding hydrogens is 996 g/mol. The van der Waals surface area contributed by atoms with Crippen LogP contribution in [0.15, 0.2) is 93.8 Å². The van der Waals surface area contributed by atoms with Crippen LogP contribution in [0.1, 0.15) is 35.1 Å².